The van der Waals surface area contributed by atoms with Gasteiger partial charge in [-0.25, -0.2) is 0 Å². The van der Waals surface area contributed by atoms with Crippen LogP contribution in [-0.2, 0) is 7.05 Å². The van der Waals surface area contributed by atoms with Crippen molar-refractivity contribution >= 4 is 32.7 Å². The van der Waals surface area contributed by atoms with E-state index in [1.54, 1.807) is 21.9 Å². The highest BCUT2D eigenvalue weighted by Gasteiger charge is 2.31. The molecule has 8 heteroatoms. The average Bonchev–Trinajstić information content (AvgIpc) is 3.25. The molecule has 3 aromatic rings. The first-order valence-electron chi connectivity index (χ1n) is 7.41. The second kappa shape index (κ2) is 5.45. The molecule has 118 valence electrons. The molecule has 1 aliphatic heterocycles. The molecule has 0 bridgehead atoms. The SMILES string of the molecule is Cn1nc2cc(Br)ccc2c1C(=O)N1CCC(n2nccn2)C1. The number of fused-ring (bicyclic) bond motifs is 1. The Hall–Kier alpha value is -2.22. The second-order valence-electron chi connectivity index (χ2n) is 5.68. The number of hydrogen-bond acceptors (Lipinski definition) is 4. The third-order valence-electron chi connectivity index (χ3n) is 4.21. The van der Waals surface area contributed by atoms with Gasteiger partial charge in [-0.15, -0.1) is 0 Å². The van der Waals surface area contributed by atoms with Crippen molar-refractivity contribution in [2.24, 2.45) is 7.05 Å². The Morgan fingerprint density at radius 2 is 2.09 bits per heavy atom. The Bertz CT molecular complexity index is 872. The van der Waals surface area contributed by atoms with E-state index >= 15 is 0 Å². The lowest BCUT2D eigenvalue weighted by atomic mass is 10.2. The Labute approximate surface area is 141 Å². The number of hydrogen-bond donors (Lipinski definition) is 0. The Morgan fingerprint density at radius 3 is 2.87 bits per heavy atom. The summed E-state index contributed by atoms with van der Waals surface area (Å²) in [4.78, 5) is 16.5. The summed E-state index contributed by atoms with van der Waals surface area (Å²) in [5.41, 5.74) is 1.44. The first kappa shape index (κ1) is 14.4. The molecule has 1 aromatic carbocycles. The predicted molar refractivity (Wildman–Crippen MR) is 88.0 cm³/mol. The molecule has 1 fully saturated rings. The Kier molecular flexibility index (Phi) is 3.41. The monoisotopic (exact) mass is 374 g/mol. The lowest BCUT2D eigenvalue weighted by Crippen LogP contribution is -2.31. The van der Waals surface area contributed by atoms with Crippen LogP contribution in [0.4, 0.5) is 0 Å². The van der Waals surface area contributed by atoms with Crippen LogP contribution in [0.3, 0.4) is 0 Å². The zero-order chi connectivity index (χ0) is 16.0. The molecule has 0 spiro atoms. The molecule has 7 nitrogen and oxygen atoms in total. The number of halogens is 1. The van der Waals surface area contributed by atoms with E-state index < -0.39 is 0 Å². The molecule has 1 unspecified atom stereocenters. The van der Waals surface area contributed by atoms with Crippen LogP contribution in [0, 0.1) is 0 Å². The smallest absolute Gasteiger partial charge is 0.272 e. The van der Waals surface area contributed by atoms with Crippen molar-refractivity contribution in [3.8, 4) is 0 Å². The Morgan fingerprint density at radius 1 is 1.30 bits per heavy atom. The number of amides is 1. The number of rotatable bonds is 2. The van der Waals surface area contributed by atoms with Crippen LogP contribution in [-0.4, -0.2) is 48.7 Å². The van der Waals surface area contributed by atoms with Gasteiger partial charge in [-0.2, -0.15) is 20.1 Å². The van der Waals surface area contributed by atoms with Gasteiger partial charge in [0.2, 0.25) is 0 Å². The molecule has 1 saturated heterocycles. The van der Waals surface area contributed by atoms with Crippen LogP contribution in [0.2, 0.25) is 0 Å². The third kappa shape index (κ3) is 2.42. The fourth-order valence-corrected chi connectivity index (χ4v) is 3.46. The summed E-state index contributed by atoms with van der Waals surface area (Å²) in [5.74, 6) is 0.00646. The summed E-state index contributed by atoms with van der Waals surface area (Å²) in [6.07, 6.45) is 4.19. The highest BCUT2D eigenvalue weighted by molar-refractivity contribution is 9.10. The first-order valence-corrected chi connectivity index (χ1v) is 8.20. The summed E-state index contributed by atoms with van der Waals surface area (Å²) in [6.45, 7) is 1.32. The van der Waals surface area contributed by atoms with Gasteiger partial charge < -0.3 is 4.90 Å². The van der Waals surface area contributed by atoms with Crippen molar-refractivity contribution in [1.82, 2.24) is 29.7 Å². The van der Waals surface area contributed by atoms with Crippen LogP contribution in [0.5, 0.6) is 0 Å². The minimum atomic E-state index is 0.00646. The summed E-state index contributed by atoms with van der Waals surface area (Å²) >= 11 is 3.44. The number of carbonyl (C=O) groups excluding carboxylic acids is 1. The quantitative estimate of drug-likeness (QED) is 0.687. The van der Waals surface area contributed by atoms with Crippen molar-refractivity contribution in [1.29, 1.82) is 0 Å². The molecule has 1 atom stereocenters. The van der Waals surface area contributed by atoms with Gasteiger partial charge in [-0.1, -0.05) is 15.9 Å². The minimum absolute atomic E-state index is 0.00646. The van der Waals surface area contributed by atoms with Gasteiger partial charge in [-0.05, 0) is 24.6 Å². The molecule has 0 saturated carbocycles. The van der Waals surface area contributed by atoms with Crippen molar-refractivity contribution in [3.63, 3.8) is 0 Å². The molecular weight excluding hydrogens is 360 g/mol. The standard InChI is InChI=1S/C15H15BrN6O/c1-20-14(12-3-2-10(16)8-13(12)19-20)15(23)21-7-4-11(9-21)22-17-5-6-18-22/h2-3,5-6,8,11H,4,7,9H2,1H3. The van der Waals surface area contributed by atoms with E-state index in [1.807, 2.05) is 30.1 Å². The largest absolute Gasteiger partial charge is 0.335 e. The summed E-state index contributed by atoms with van der Waals surface area (Å²) in [7, 11) is 1.81. The van der Waals surface area contributed by atoms with Gasteiger partial charge in [-0.3, -0.25) is 9.48 Å². The fourth-order valence-electron chi connectivity index (χ4n) is 3.11. The third-order valence-corrected chi connectivity index (χ3v) is 4.71. The molecule has 3 heterocycles. The minimum Gasteiger partial charge on any atom is -0.335 e. The van der Waals surface area contributed by atoms with E-state index in [0.717, 1.165) is 21.8 Å². The number of nitrogens with zero attached hydrogens (tertiary/aromatic N) is 6. The van der Waals surface area contributed by atoms with Crippen molar-refractivity contribution in [2.75, 3.05) is 13.1 Å². The fraction of sp³-hybridized carbons (Fsp3) is 0.333. The van der Waals surface area contributed by atoms with Gasteiger partial charge in [0.15, 0.2) is 0 Å². The molecular formula is C15H15BrN6O. The Balaban J connectivity index is 1.64. The van der Waals surface area contributed by atoms with Gasteiger partial charge >= 0.3 is 0 Å². The van der Waals surface area contributed by atoms with E-state index in [4.69, 9.17) is 0 Å². The molecule has 1 aliphatic rings. The maximum Gasteiger partial charge on any atom is 0.272 e. The molecule has 1 amide bonds. The summed E-state index contributed by atoms with van der Waals surface area (Å²) in [5, 5.41) is 13.7. The van der Waals surface area contributed by atoms with Gasteiger partial charge in [0.25, 0.3) is 5.91 Å². The lowest BCUT2D eigenvalue weighted by molar-refractivity contribution is 0.0777. The lowest BCUT2D eigenvalue weighted by Gasteiger charge is -2.16. The van der Waals surface area contributed by atoms with Crippen molar-refractivity contribution in [2.45, 2.75) is 12.5 Å². The van der Waals surface area contributed by atoms with Gasteiger partial charge in [0.05, 0.1) is 24.0 Å². The number of benzene rings is 1. The van der Waals surface area contributed by atoms with Crippen LogP contribution >= 0.6 is 15.9 Å². The zero-order valence-electron chi connectivity index (χ0n) is 12.6. The number of aromatic nitrogens is 5. The van der Waals surface area contributed by atoms with Crippen LogP contribution < -0.4 is 0 Å². The normalized spacial score (nSPS) is 18.0. The van der Waals surface area contributed by atoms with Crippen molar-refractivity contribution < 1.29 is 4.79 Å². The van der Waals surface area contributed by atoms with Gasteiger partial charge in [0.1, 0.15) is 5.69 Å². The van der Waals surface area contributed by atoms with E-state index in [9.17, 15) is 4.79 Å². The van der Waals surface area contributed by atoms with Crippen molar-refractivity contribution in [3.05, 3.63) is 40.8 Å². The van der Waals surface area contributed by atoms with Crippen LogP contribution in [0.25, 0.3) is 10.9 Å². The zero-order valence-corrected chi connectivity index (χ0v) is 14.1. The van der Waals surface area contributed by atoms with Gasteiger partial charge in [0, 0.05) is 30.0 Å². The maximum atomic E-state index is 12.9. The number of aryl methyl sites for hydroxylation is 1. The number of carbonyl (C=O) groups is 1. The molecule has 0 radical (unpaired) electrons. The molecule has 0 N–H and O–H groups in total. The second-order valence-corrected chi connectivity index (χ2v) is 6.59. The molecule has 4 rings (SSSR count). The van der Waals surface area contributed by atoms with E-state index in [0.29, 0.717) is 18.8 Å². The summed E-state index contributed by atoms with van der Waals surface area (Å²) < 4.78 is 2.62. The topological polar surface area (TPSA) is 68.8 Å². The highest BCUT2D eigenvalue weighted by atomic mass is 79.9. The molecule has 2 aromatic heterocycles. The van der Waals surface area contributed by atoms with E-state index in [2.05, 4.69) is 31.2 Å². The number of likely N-dealkylation sites (tertiary alicyclic amines) is 1. The predicted octanol–water partition coefficient (Wildman–Crippen LogP) is 2.01. The first-order chi connectivity index (χ1) is 11.1. The highest BCUT2D eigenvalue weighted by Crippen LogP contribution is 2.26. The maximum absolute atomic E-state index is 12.9. The average molecular weight is 375 g/mol. The molecule has 23 heavy (non-hydrogen) atoms. The molecule has 0 aliphatic carbocycles. The van der Waals surface area contributed by atoms with Crippen LogP contribution in [0.15, 0.2) is 35.1 Å². The summed E-state index contributed by atoms with van der Waals surface area (Å²) in [6, 6.07) is 5.93. The van der Waals surface area contributed by atoms with E-state index in [-0.39, 0.29) is 11.9 Å². The van der Waals surface area contributed by atoms with E-state index in [1.165, 1.54) is 0 Å². The van der Waals surface area contributed by atoms with Crippen LogP contribution in [0.1, 0.15) is 23.0 Å².